The molecule has 0 bridgehead atoms. The summed E-state index contributed by atoms with van der Waals surface area (Å²) in [5, 5.41) is 1.13. The molecule has 152 valence electrons. The van der Waals surface area contributed by atoms with Gasteiger partial charge in [0.1, 0.15) is 0 Å². The highest BCUT2D eigenvalue weighted by molar-refractivity contribution is 14.1. The Labute approximate surface area is 195 Å². The molecular formula is C23H15F3INS2. The molecule has 2 aromatic carbocycles. The summed E-state index contributed by atoms with van der Waals surface area (Å²) in [6.45, 7) is 0. The number of thiophene rings is 1. The number of benzene rings is 2. The number of nitrogens with zero attached hydrogens (tertiary/aromatic N) is 1. The van der Waals surface area contributed by atoms with E-state index in [1.165, 1.54) is 6.07 Å². The third-order valence-electron chi connectivity index (χ3n) is 4.68. The number of hydrogen-bond acceptors (Lipinski definition) is 2. The minimum absolute atomic E-state index is 0.513. The van der Waals surface area contributed by atoms with Crippen molar-refractivity contribution < 1.29 is 13.2 Å². The number of halogens is 4. The summed E-state index contributed by atoms with van der Waals surface area (Å²) in [4.78, 5) is 0.513. The lowest BCUT2D eigenvalue weighted by Gasteiger charge is -2.11. The molecule has 1 nitrogen and oxygen atoms in total. The van der Waals surface area contributed by atoms with Crippen molar-refractivity contribution in [3.05, 3.63) is 86.0 Å². The predicted octanol–water partition coefficient (Wildman–Crippen LogP) is 8.44. The first-order chi connectivity index (χ1) is 14.2. The van der Waals surface area contributed by atoms with E-state index < -0.39 is 11.7 Å². The molecule has 4 aromatic rings. The third kappa shape index (κ3) is 4.38. The number of alkyl halides is 3. The molecule has 0 aliphatic heterocycles. The van der Waals surface area contributed by atoms with Gasteiger partial charge in [0.15, 0.2) is 0 Å². The normalized spacial score (nSPS) is 11.6. The first-order valence-electron chi connectivity index (χ1n) is 8.95. The Morgan fingerprint density at radius 3 is 2.20 bits per heavy atom. The Morgan fingerprint density at radius 2 is 1.53 bits per heavy atom. The van der Waals surface area contributed by atoms with Gasteiger partial charge in [0.25, 0.3) is 0 Å². The molecular weight excluding hydrogens is 538 g/mol. The van der Waals surface area contributed by atoms with E-state index in [1.54, 1.807) is 6.20 Å². The molecule has 4 rings (SSSR count). The Balaban J connectivity index is 1.82. The van der Waals surface area contributed by atoms with Crippen molar-refractivity contribution in [3.63, 3.8) is 0 Å². The van der Waals surface area contributed by atoms with Gasteiger partial charge in [-0.25, -0.2) is 0 Å². The summed E-state index contributed by atoms with van der Waals surface area (Å²) in [7, 11) is 1.85. The van der Waals surface area contributed by atoms with Gasteiger partial charge >= 0.3 is 6.18 Å². The number of pyridine rings is 1. The Morgan fingerprint density at radius 1 is 0.900 bits per heavy atom. The van der Waals surface area contributed by atoms with Crippen molar-refractivity contribution >= 4 is 46.1 Å². The highest BCUT2D eigenvalue weighted by Gasteiger charge is 2.32. The van der Waals surface area contributed by atoms with E-state index in [0.717, 1.165) is 42.5 Å². The molecule has 0 atom stereocenters. The Bertz CT molecular complexity index is 1290. The second kappa shape index (κ2) is 8.28. The molecule has 0 amide bonds. The van der Waals surface area contributed by atoms with E-state index in [2.05, 4.69) is 40.8 Å². The van der Waals surface area contributed by atoms with E-state index in [4.69, 9.17) is 12.2 Å². The van der Waals surface area contributed by atoms with Crippen LogP contribution < -0.4 is 0 Å². The van der Waals surface area contributed by atoms with Gasteiger partial charge in [-0.3, -0.25) is 0 Å². The van der Waals surface area contributed by atoms with Crippen molar-refractivity contribution in [1.29, 1.82) is 0 Å². The van der Waals surface area contributed by atoms with Gasteiger partial charge in [0.05, 0.1) is 10.1 Å². The van der Waals surface area contributed by atoms with Crippen molar-refractivity contribution in [3.8, 4) is 32.7 Å². The van der Waals surface area contributed by atoms with Crippen LogP contribution in [-0.4, -0.2) is 4.57 Å². The van der Waals surface area contributed by atoms with E-state index in [0.29, 0.717) is 15.0 Å². The molecule has 2 heterocycles. The average molecular weight is 553 g/mol. The van der Waals surface area contributed by atoms with Crippen molar-refractivity contribution in [2.75, 3.05) is 0 Å². The topological polar surface area (TPSA) is 4.93 Å². The zero-order valence-corrected chi connectivity index (χ0v) is 19.5. The fourth-order valence-corrected chi connectivity index (χ4v) is 5.12. The number of hydrogen-bond donors (Lipinski definition) is 0. The summed E-state index contributed by atoms with van der Waals surface area (Å²) >= 11 is 9.05. The van der Waals surface area contributed by atoms with Crippen LogP contribution in [0.15, 0.2) is 72.4 Å². The SMILES string of the molecule is Cn1cc(-c2cccc(-c3cccc(I)c3)c2)c(=S)c(-c2cc(C(F)(F)F)cs2)c1. The standard InChI is InChI=1S/C23H15F3INS2/c1-28-11-19(16-6-2-4-14(8-16)15-5-3-7-18(27)9-15)22(29)20(12-28)21-10-17(13-30-21)23(24,25)26/h2-13H,1H3. The smallest absolute Gasteiger partial charge is 0.356 e. The molecule has 0 N–H and O–H groups in total. The number of aromatic nitrogens is 1. The minimum atomic E-state index is -4.36. The molecule has 0 saturated heterocycles. The minimum Gasteiger partial charge on any atom is -0.356 e. The summed E-state index contributed by atoms with van der Waals surface area (Å²) in [5.74, 6) is 0. The largest absolute Gasteiger partial charge is 0.417 e. The molecule has 30 heavy (non-hydrogen) atoms. The molecule has 0 aliphatic rings. The summed E-state index contributed by atoms with van der Waals surface area (Å²) in [6, 6.07) is 17.4. The first-order valence-corrected chi connectivity index (χ1v) is 11.3. The van der Waals surface area contributed by atoms with Gasteiger partial charge < -0.3 is 4.57 Å². The lowest BCUT2D eigenvalue weighted by atomic mass is 9.99. The third-order valence-corrected chi connectivity index (χ3v) is 6.75. The van der Waals surface area contributed by atoms with Gasteiger partial charge in [-0.2, -0.15) is 13.2 Å². The van der Waals surface area contributed by atoms with Crippen LogP contribution in [0.4, 0.5) is 13.2 Å². The van der Waals surface area contributed by atoms with Crippen LogP contribution in [0, 0.1) is 8.08 Å². The van der Waals surface area contributed by atoms with E-state index in [-0.39, 0.29) is 0 Å². The maximum atomic E-state index is 13.0. The van der Waals surface area contributed by atoms with Gasteiger partial charge in [0, 0.05) is 44.4 Å². The summed E-state index contributed by atoms with van der Waals surface area (Å²) in [6.07, 6.45) is -0.670. The number of rotatable bonds is 3. The lowest BCUT2D eigenvalue weighted by Crippen LogP contribution is -2.02. The molecule has 0 spiro atoms. The second-order valence-electron chi connectivity index (χ2n) is 6.87. The van der Waals surface area contributed by atoms with Crippen LogP contribution in [0.3, 0.4) is 0 Å². The molecule has 7 heteroatoms. The average Bonchev–Trinajstić information content (AvgIpc) is 3.20. The highest BCUT2D eigenvalue weighted by atomic mass is 127. The van der Waals surface area contributed by atoms with Crippen molar-refractivity contribution in [2.24, 2.45) is 7.05 Å². The van der Waals surface area contributed by atoms with Gasteiger partial charge in [-0.05, 0) is 63.5 Å². The summed E-state index contributed by atoms with van der Waals surface area (Å²) in [5.41, 5.74) is 3.89. The Kier molecular flexibility index (Phi) is 5.87. The van der Waals surface area contributed by atoms with E-state index in [9.17, 15) is 13.2 Å². The van der Waals surface area contributed by atoms with Gasteiger partial charge in [-0.1, -0.05) is 42.5 Å². The van der Waals surface area contributed by atoms with Crippen molar-refractivity contribution in [1.82, 2.24) is 4.57 Å². The van der Waals surface area contributed by atoms with Crippen molar-refractivity contribution in [2.45, 2.75) is 6.18 Å². The fourth-order valence-electron chi connectivity index (χ4n) is 3.25. The van der Waals surface area contributed by atoms with Crippen LogP contribution in [0.25, 0.3) is 32.7 Å². The van der Waals surface area contributed by atoms with E-state index in [1.807, 2.05) is 48.1 Å². The second-order valence-corrected chi connectivity index (χ2v) is 9.43. The molecule has 0 aliphatic carbocycles. The Hall–Kier alpha value is -1.97. The summed E-state index contributed by atoms with van der Waals surface area (Å²) < 4.78 is 42.7. The van der Waals surface area contributed by atoms with Crippen LogP contribution in [0.5, 0.6) is 0 Å². The maximum absolute atomic E-state index is 13.0. The van der Waals surface area contributed by atoms with Gasteiger partial charge in [-0.15, -0.1) is 11.3 Å². The zero-order chi connectivity index (χ0) is 21.5. The number of aryl methyl sites for hydroxylation is 1. The molecule has 0 radical (unpaired) electrons. The molecule has 0 saturated carbocycles. The predicted molar refractivity (Wildman–Crippen MR) is 128 cm³/mol. The van der Waals surface area contributed by atoms with Crippen LogP contribution in [0.2, 0.25) is 0 Å². The van der Waals surface area contributed by atoms with Crippen LogP contribution in [-0.2, 0) is 13.2 Å². The zero-order valence-electron chi connectivity index (χ0n) is 15.7. The fraction of sp³-hybridized carbons (Fsp3) is 0.0870. The maximum Gasteiger partial charge on any atom is 0.417 e. The lowest BCUT2D eigenvalue weighted by molar-refractivity contribution is -0.137. The van der Waals surface area contributed by atoms with E-state index >= 15 is 0 Å². The first kappa shape index (κ1) is 21.3. The molecule has 0 unspecified atom stereocenters. The van der Waals surface area contributed by atoms with Crippen LogP contribution >= 0.6 is 46.1 Å². The van der Waals surface area contributed by atoms with Crippen LogP contribution in [0.1, 0.15) is 5.56 Å². The molecule has 2 aromatic heterocycles. The highest BCUT2D eigenvalue weighted by Crippen LogP contribution is 2.38. The molecule has 0 fully saturated rings. The van der Waals surface area contributed by atoms with Gasteiger partial charge in [0.2, 0.25) is 0 Å². The monoisotopic (exact) mass is 553 g/mol. The quantitative estimate of drug-likeness (QED) is 0.182.